The Morgan fingerprint density at radius 3 is 2.31 bits per heavy atom. The lowest BCUT2D eigenvalue weighted by Crippen LogP contribution is -2.31. The van der Waals surface area contributed by atoms with Crippen LogP contribution in [0.3, 0.4) is 0 Å². The molecule has 6 nitrogen and oxygen atoms in total. The number of anilines is 1. The average molecular weight is 509 g/mol. The zero-order chi connectivity index (χ0) is 23.3. The van der Waals surface area contributed by atoms with Crippen molar-refractivity contribution in [2.45, 2.75) is 13.3 Å². The van der Waals surface area contributed by atoms with Crippen LogP contribution >= 0.6 is 15.9 Å². The Morgan fingerprint density at radius 1 is 1.03 bits per heavy atom. The molecule has 10 heteroatoms. The summed E-state index contributed by atoms with van der Waals surface area (Å²) >= 11 is 3.28. The second kappa shape index (κ2) is 9.73. The van der Waals surface area contributed by atoms with Crippen LogP contribution in [-0.4, -0.2) is 18.2 Å². The summed E-state index contributed by atoms with van der Waals surface area (Å²) in [4.78, 5) is 25.5. The summed E-state index contributed by atoms with van der Waals surface area (Å²) < 4.78 is 46.7. The van der Waals surface area contributed by atoms with Crippen LogP contribution in [0.2, 0.25) is 0 Å². The van der Waals surface area contributed by atoms with E-state index in [1.807, 2.05) is 0 Å². The monoisotopic (exact) mass is 508 g/mol. The van der Waals surface area contributed by atoms with Crippen LogP contribution in [-0.2, 0) is 4.79 Å². The second-order valence-corrected chi connectivity index (χ2v) is 7.32. The molecule has 0 saturated heterocycles. The van der Waals surface area contributed by atoms with Gasteiger partial charge in [0.05, 0.1) is 5.56 Å². The molecule has 2 aromatic carbocycles. The highest BCUT2D eigenvalue weighted by Crippen LogP contribution is 2.24. The van der Waals surface area contributed by atoms with Crippen molar-refractivity contribution in [3.63, 3.8) is 0 Å². The van der Waals surface area contributed by atoms with Gasteiger partial charge in [0, 0.05) is 16.2 Å². The van der Waals surface area contributed by atoms with Gasteiger partial charge in [-0.25, -0.2) is 0 Å². The third kappa shape index (κ3) is 6.48. The van der Waals surface area contributed by atoms with Crippen molar-refractivity contribution < 1.29 is 31.9 Å². The SMILES string of the molecule is Cc1ccc(/C=C(\NC(=O)c2ccccc2Br)C(=O)Nc2ccc(OC(F)(F)F)cc2)o1. The molecule has 3 aromatic rings. The maximum atomic E-state index is 12.8. The fraction of sp³-hybridized carbons (Fsp3) is 0.0909. The summed E-state index contributed by atoms with van der Waals surface area (Å²) in [6.07, 6.45) is -3.48. The fourth-order valence-corrected chi connectivity index (χ4v) is 3.07. The molecule has 0 spiro atoms. The third-order valence-electron chi connectivity index (χ3n) is 4.00. The Bertz CT molecular complexity index is 1150. The molecule has 2 N–H and O–H groups in total. The van der Waals surface area contributed by atoms with Crippen LogP contribution in [0, 0.1) is 6.92 Å². The Kier molecular flexibility index (Phi) is 7.04. The van der Waals surface area contributed by atoms with Crippen LogP contribution in [0.5, 0.6) is 5.75 Å². The van der Waals surface area contributed by atoms with Crippen molar-refractivity contribution in [2.24, 2.45) is 0 Å². The van der Waals surface area contributed by atoms with Crippen LogP contribution in [0.25, 0.3) is 6.08 Å². The van der Waals surface area contributed by atoms with Gasteiger partial charge in [0.25, 0.3) is 11.8 Å². The summed E-state index contributed by atoms with van der Waals surface area (Å²) in [5.74, 6) is -0.748. The molecule has 166 valence electrons. The van der Waals surface area contributed by atoms with Crippen molar-refractivity contribution in [1.29, 1.82) is 0 Å². The molecule has 0 aliphatic rings. The van der Waals surface area contributed by atoms with Gasteiger partial charge in [0.1, 0.15) is 23.0 Å². The number of nitrogens with one attached hydrogen (secondary N) is 2. The molecule has 3 rings (SSSR count). The van der Waals surface area contributed by atoms with E-state index in [2.05, 4.69) is 31.3 Å². The van der Waals surface area contributed by atoms with Gasteiger partial charge < -0.3 is 19.8 Å². The smallest absolute Gasteiger partial charge is 0.462 e. The van der Waals surface area contributed by atoms with Crippen molar-refractivity contribution in [1.82, 2.24) is 5.32 Å². The molecule has 1 heterocycles. The Labute approximate surface area is 189 Å². The minimum Gasteiger partial charge on any atom is -0.462 e. The molecule has 2 amide bonds. The first-order valence-electron chi connectivity index (χ1n) is 9.12. The molecular weight excluding hydrogens is 493 g/mol. The van der Waals surface area contributed by atoms with Crippen molar-refractivity contribution in [3.8, 4) is 5.75 Å². The summed E-state index contributed by atoms with van der Waals surface area (Å²) in [7, 11) is 0. The van der Waals surface area contributed by atoms with E-state index >= 15 is 0 Å². The number of halogens is 4. The molecule has 0 fully saturated rings. The van der Waals surface area contributed by atoms with Gasteiger partial charge in [0.2, 0.25) is 0 Å². The minimum absolute atomic E-state index is 0.129. The molecule has 0 bridgehead atoms. The van der Waals surface area contributed by atoms with Crippen LogP contribution in [0.4, 0.5) is 18.9 Å². The Morgan fingerprint density at radius 2 is 1.72 bits per heavy atom. The zero-order valence-corrected chi connectivity index (χ0v) is 18.1. The number of carbonyl (C=O) groups is 2. The molecule has 1 aromatic heterocycles. The summed E-state index contributed by atoms with van der Waals surface area (Å²) in [6, 6.07) is 14.6. The van der Waals surface area contributed by atoms with Gasteiger partial charge in [-0.05, 0) is 71.4 Å². The number of aryl methyl sites for hydroxylation is 1. The molecule has 0 aliphatic heterocycles. The van der Waals surface area contributed by atoms with Gasteiger partial charge in [-0.15, -0.1) is 13.2 Å². The normalized spacial score (nSPS) is 11.7. The topological polar surface area (TPSA) is 80.6 Å². The van der Waals surface area contributed by atoms with Gasteiger partial charge in [-0.1, -0.05) is 12.1 Å². The van der Waals surface area contributed by atoms with E-state index in [1.54, 1.807) is 43.3 Å². The summed E-state index contributed by atoms with van der Waals surface area (Å²) in [5.41, 5.74) is 0.368. The van der Waals surface area contributed by atoms with Crippen LogP contribution in [0.1, 0.15) is 21.9 Å². The van der Waals surface area contributed by atoms with Gasteiger partial charge >= 0.3 is 6.36 Å². The number of hydrogen-bond donors (Lipinski definition) is 2. The average Bonchev–Trinajstić information content (AvgIpc) is 3.13. The quantitative estimate of drug-likeness (QED) is 0.421. The predicted molar refractivity (Wildman–Crippen MR) is 115 cm³/mol. The van der Waals surface area contributed by atoms with Crippen molar-refractivity contribution in [2.75, 3.05) is 5.32 Å². The Hall–Kier alpha value is -3.53. The summed E-state index contributed by atoms with van der Waals surface area (Å²) in [6.45, 7) is 1.72. The predicted octanol–water partition coefficient (Wildman–Crippen LogP) is 5.66. The first-order valence-corrected chi connectivity index (χ1v) is 9.91. The number of hydrogen-bond acceptors (Lipinski definition) is 4. The van der Waals surface area contributed by atoms with Gasteiger partial charge in [0.15, 0.2) is 0 Å². The molecule has 0 atom stereocenters. The van der Waals surface area contributed by atoms with E-state index in [0.29, 0.717) is 21.6 Å². The van der Waals surface area contributed by atoms with Crippen LogP contribution < -0.4 is 15.4 Å². The summed E-state index contributed by atoms with van der Waals surface area (Å²) in [5, 5.41) is 5.06. The lowest BCUT2D eigenvalue weighted by Gasteiger charge is -2.12. The molecule has 0 saturated carbocycles. The van der Waals surface area contributed by atoms with E-state index in [0.717, 1.165) is 12.1 Å². The number of carbonyl (C=O) groups excluding carboxylic acids is 2. The lowest BCUT2D eigenvalue weighted by molar-refractivity contribution is -0.274. The highest BCUT2D eigenvalue weighted by Gasteiger charge is 2.31. The van der Waals surface area contributed by atoms with E-state index in [9.17, 15) is 22.8 Å². The lowest BCUT2D eigenvalue weighted by atomic mass is 10.2. The largest absolute Gasteiger partial charge is 0.573 e. The molecule has 32 heavy (non-hydrogen) atoms. The highest BCUT2D eigenvalue weighted by atomic mass is 79.9. The first kappa shape index (κ1) is 23.1. The maximum absolute atomic E-state index is 12.8. The number of ether oxygens (including phenoxy) is 1. The zero-order valence-electron chi connectivity index (χ0n) is 16.5. The van der Waals surface area contributed by atoms with Crippen molar-refractivity contribution >= 4 is 39.5 Å². The molecule has 0 radical (unpaired) electrons. The van der Waals surface area contributed by atoms with Crippen LogP contribution in [0.15, 0.2) is 75.3 Å². The molecule has 0 aliphatic carbocycles. The third-order valence-corrected chi connectivity index (χ3v) is 4.70. The Balaban J connectivity index is 1.81. The number of furan rings is 1. The fourth-order valence-electron chi connectivity index (χ4n) is 2.61. The maximum Gasteiger partial charge on any atom is 0.573 e. The highest BCUT2D eigenvalue weighted by molar-refractivity contribution is 9.10. The van der Waals surface area contributed by atoms with Crippen molar-refractivity contribution in [3.05, 3.63) is 87.9 Å². The second-order valence-electron chi connectivity index (χ2n) is 6.47. The minimum atomic E-state index is -4.82. The van der Waals surface area contributed by atoms with Gasteiger partial charge in [-0.3, -0.25) is 9.59 Å². The number of alkyl halides is 3. The van der Waals surface area contributed by atoms with E-state index in [1.165, 1.54) is 18.2 Å². The standard InChI is InChI=1S/C22H16BrF3N2O4/c1-13-6-9-16(31-13)12-19(28-20(29)17-4-2-3-5-18(17)23)21(30)27-14-7-10-15(11-8-14)32-22(24,25)26/h2-12H,1H3,(H,27,30)(H,28,29)/b19-12-. The number of rotatable bonds is 6. The van der Waals surface area contributed by atoms with E-state index in [4.69, 9.17) is 4.42 Å². The van der Waals surface area contributed by atoms with E-state index in [-0.39, 0.29) is 11.4 Å². The number of amides is 2. The first-order chi connectivity index (χ1) is 15.1. The van der Waals surface area contributed by atoms with E-state index < -0.39 is 23.9 Å². The molecule has 0 unspecified atom stereocenters. The van der Waals surface area contributed by atoms with Gasteiger partial charge in [-0.2, -0.15) is 0 Å². The number of benzene rings is 2. The molecular formula is C22H16BrF3N2O4.